The third kappa shape index (κ3) is 4.13. The maximum absolute atomic E-state index is 12.9. The van der Waals surface area contributed by atoms with Crippen LogP contribution in [0.1, 0.15) is 31.4 Å². The molecule has 0 radical (unpaired) electrons. The molecule has 1 aromatic carbocycles. The summed E-state index contributed by atoms with van der Waals surface area (Å²) in [6.45, 7) is 0. The smallest absolute Gasteiger partial charge is 0.306 e. The highest BCUT2D eigenvalue weighted by Crippen LogP contribution is 2.39. The molecule has 1 aliphatic heterocycles. The molecule has 1 aromatic heterocycles. The van der Waals surface area contributed by atoms with E-state index in [0.29, 0.717) is 51.5 Å². The SMILES string of the molecule is O=C(O)C1CCC(N2C(=O)C(=Cc3ccc(-c4ccccc4Cl)o3)SC2=S)CC1. The Kier molecular flexibility index (Phi) is 5.81. The number of carboxylic acid groups (broad SMARTS) is 1. The molecule has 1 aliphatic carbocycles. The number of thioether (sulfide) groups is 1. The molecule has 1 amide bonds. The lowest BCUT2D eigenvalue weighted by Gasteiger charge is -2.32. The van der Waals surface area contributed by atoms with E-state index in [1.165, 1.54) is 11.8 Å². The monoisotopic (exact) mass is 447 g/mol. The van der Waals surface area contributed by atoms with Gasteiger partial charge in [0.05, 0.1) is 15.8 Å². The second-order valence-corrected chi connectivity index (χ2v) is 9.16. The molecular formula is C21H18ClNO4S2. The van der Waals surface area contributed by atoms with Crippen molar-refractivity contribution < 1.29 is 19.1 Å². The number of halogens is 1. The van der Waals surface area contributed by atoms with Crippen molar-refractivity contribution in [3.8, 4) is 11.3 Å². The van der Waals surface area contributed by atoms with E-state index < -0.39 is 5.97 Å². The number of carbonyl (C=O) groups excluding carboxylic acids is 1. The van der Waals surface area contributed by atoms with E-state index >= 15 is 0 Å². The van der Waals surface area contributed by atoms with Crippen molar-refractivity contribution in [2.75, 3.05) is 0 Å². The fourth-order valence-electron chi connectivity index (χ4n) is 3.74. The van der Waals surface area contributed by atoms with Gasteiger partial charge in [-0.1, -0.05) is 47.7 Å². The van der Waals surface area contributed by atoms with E-state index in [0.717, 1.165) is 5.56 Å². The molecule has 5 nitrogen and oxygen atoms in total. The Bertz CT molecular complexity index is 1010. The van der Waals surface area contributed by atoms with Crippen LogP contribution in [-0.4, -0.2) is 32.2 Å². The lowest BCUT2D eigenvalue weighted by atomic mass is 9.85. The van der Waals surface area contributed by atoms with Crippen molar-refractivity contribution in [2.24, 2.45) is 5.92 Å². The Morgan fingerprint density at radius 1 is 1.21 bits per heavy atom. The lowest BCUT2D eigenvalue weighted by molar-refractivity contribution is -0.143. The maximum atomic E-state index is 12.9. The number of thiocarbonyl (C=S) groups is 1. The number of carbonyl (C=O) groups is 2. The molecule has 0 atom stereocenters. The van der Waals surface area contributed by atoms with E-state index in [1.807, 2.05) is 24.3 Å². The molecule has 150 valence electrons. The first-order valence-corrected chi connectivity index (χ1v) is 10.9. The molecule has 8 heteroatoms. The van der Waals surface area contributed by atoms with Crippen LogP contribution in [0, 0.1) is 5.92 Å². The fourth-order valence-corrected chi connectivity index (χ4v) is 5.35. The summed E-state index contributed by atoms with van der Waals surface area (Å²) in [4.78, 5) is 26.2. The fraction of sp³-hybridized carbons (Fsp3) is 0.286. The van der Waals surface area contributed by atoms with Gasteiger partial charge in [-0.2, -0.15) is 0 Å². The number of carboxylic acids is 1. The zero-order valence-electron chi connectivity index (χ0n) is 15.3. The number of hydrogen-bond acceptors (Lipinski definition) is 5. The first-order chi connectivity index (χ1) is 13.9. The summed E-state index contributed by atoms with van der Waals surface area (Å²) in [6, 6.07) is 11.0. The van der Waals surface area contributed by atoms with E-state index in [9.17, 15) is 9.59 Å². The molecular weight excluding hydrogens is 430 g/mol. The minimum Gasteiger partial charge on any atom is -0.481 e. The van der Waals surface area contributed by atoms with Crippen LogP contribution in [0.3, 0.4) is 0 Å². The van der Waals surface area contributed by atoms with Gasteiger partial charge in [0.25, 0.3) is 5.91 Å². The van der Waals surface area contributed by atoms with Crippen LogP contribution in [0.25, 0.3) is 17.4 Å². The number of amides is 1. The molecule has 0 unspecified atom stereocenters. The first-order valence-electron chi connectivity index (χ1n) is 9.28. The molecule has 1 saturated heterocycles. The second-order valence-electron chi connectivity index (χ2n) is 7.08. The predicted molar refractivity (Wildman–Crippen MR) is 118 cm³/mol. The van der Waals surface area contributed by atoms with Gasteiger partial charge in [0.2, 0.25) is 0 Å². The molecule has 2 fully saturated rings. The Hall–Kier alpha value is -2.09. The largest absolute Gasteiger partial charge is 0.481 e. The summed E-state index contributed by atoms with van der Waals surface area (Å²) >= 11 is 12.9. The normalized spacial score (nSPS) is 23.8. The van der Waals surface area contributed by atoms with E-state index in [-0.39, 0.29) is 17.9 Å². The number of furan rings is 1. The third-order valence-corrected chi connectivity index (χ3v) is 6.93. The molecule has 0 bridgehead atoms. The quantitative estimate of drug-likeness (QED) is 0.496. The summed E-state index contributed by atoms with van der Waals surface area (Å²) in [6.07, 6.45) is 4.12. The zero-order valence-corrected chi connectivity index (χ0v) is 17.7. The minimum atomic E-state index is -0.763. The molecule has 4 rings (SSSR count). The van der Waals surface area contributed by atoms with Gasteiger partial charge in [0, 0.05) is 17.7 Å². The molecule has 0 spiro atoms. The molecule has 2 aromatic rings. The van der Waals surface area contributed by atoms with Crippen molar-refractivity contribution in [3.63, 3.8) is 0 Å². The Balaban J connectivity index is 1.50. The van der Waals surface area contributed by atoms with Gasteiger partial charge in [0.1, 0.15) is 15.8 Å². The highest BCUT2D eigenvalue weighted by Gasteiger charge is 2.39. The summed E-state index contributed by atoms with van der Waals surface area (Å²) < 4.78 is 6.38. The maximum Gasteiger partial charge on any atom is 0.306 e. The van der Waals surface area contributed by atoms with Crippen LogP contribution < -0.4 is 0 Å². The number of rotatable bonds is 4. The number of aliphatic carboxylic acids is 1. The van der Waals surface area contributed by atoms with Gasteiger partial charge in [-0.15, -0.1) is 0 Å². The topological polar surface area (TPSA) is 70.8 Å². The van der Waals surface area contributed by atoms with Gasteiger partial charge < -0.3 is 9.52 Å². The van der Waals surface area contributed by atoms with Gasteiger partial charge in [-0.05, 0) is 49.9 Å². The van der Waals surface area contributed by atoms with Gasteiger partial charge in [-0.25, -0.2) is 0 Å². The predicted octanol–water partition coefficient (Wildman–Crippen LogP) is 5.44. The van der Waals surface area contributed by atoms with E-state index in [2.05, 4.69) is 0 Å². The average Bonchev–Trinajstić information content (AvgIpc) is 3.27. The number of benzene rings is 1. The first kappa shape index (κ1) is 20.2. The molecule has 1 N–H and O–H groups in total. The summed E-state index contributed by atoms with van der Waals surface area (Å²) in [5.74, 6) is -0.0544. The number of nitrogens with zero attached hydrogens (tertiary/aromatic N) is 1. The van der Waals surface area contributed by atoms with Crippen molar-refractivity contribution in [2.45, 2.75) is 31.7 Å². The lowest BCUT2D eigenvalue weighted by Crippen LogP contribution is -2.41. The molecule has 29 heavy (non-hydrogen) atoms. The van der Waals surface area contributed by atoms with Crippen LogP contribution in [0.15, 0.2) is 45.7 Å². The number of hydrogen-bond donors (Lipinski definition) is 1. The summed E-state index contributed by atoms with van der Waals surface area (Å²) in [5.41, 5.74) is 0.788. The van der Waals surface area contributed by atoms with Crippen molar-refractivity contribution in [3.05, 3.63) is 52.1 Å². The van der Waals surface area contributed by atoms with Crippen molar-refractivity contribution in [1.29, 1.82) is 0 Å². The van der Waals surface area contributed by atoms with Crippen LogP contribution in [0.4, 0.5) is 0 Å². The molecule has 1 saturated carbocycles. The van der Waals surface area contributed by atoms with Crippen LogP contribution >= 0.6 is 35.6 Å². The van der Waals surface area contributed by atoms with Gasteiger partial charge >= 0.3 is 5.97 Å². The standard InChI is InChI=1S/C21H18ClNO4S2/c22-16-4-2-1-3-15(16)17-10-9-14(27-17)11-18-19(24)23(21(28)29-18)13-7-5-12(6-8-13)20(25)26/h1-4,9-13H,5-8H2,(H,25,26). The highest BCUT2D eigenvalue weighted by molar-refractivity contribution is 8.26. The van der Waals surface area contributed by atoms with Gasteiger partial charge in [-0.3, -0.25) is 14.5 Å². The third-order valence-electron chi connectivity index (χ3n) is 5.27. The van der Waals surface area contributed by atoms with E-state index in [4.69, 9.17) is 33.3 Å². The van der Waals surface area contributed by atoms with E-state index in [1.54, 1.807) is 23.1 Å². The van der Waals surface area contributed by atoms with Crippen LogP contribution in [0.5, 0.6) is 0 Å². The second kappa shape index (κ2) is 8.34. The van der Waals surface area contributed by atoms with Crippen LogP contribution in [0.2, 0.25) is 5.02 Å². The highest BCUT2D eigenvalue weighted by atomic mass is 35.5. The van der Waals surface area contributed by atoms with Gasteiger partial charge in [0.15, 0.2) is 0 Å². The summed E-state index contributed by atoms with van der Waals surface area (Å²) in [5, 5.41) is 9.76. The summed E-state index contributed by atoms with van der Waals surface area (Å²) in [7, 11) is 0. The van der Waals surface area contributed by atoms with Crippen molar-refractivity contribution >= 4 is 57.9 Å². The van der Waals surface area contributed by atoms with Crippen molar-refractivity contribution in [1.82, 2.24) is 4.90 Å². The Morgan fingerprint density at radius 3 is 2.62 bits per heavy atom. The molecule has 2 heterocycles. The minimum absolute atomic E-state index is 0.0423. The molecule has 2 aliphatic rings. The Labute approximate surface area is 182 Å². The average molecular weight is 448 g/mol. The Morgan fingerprint density at radius 2 is 1.93 bits per heavy atom. The van der Waals surface area contributed by atoms with Crippen LogP contribution in [-0.2, 0) is 9.59 Å². The zero-order chi connectivity index (χ0) is 20.5.